The third kappa shape index (κ3) is 5.65. The van der Waals surface area contributed by atoms with Gasteiger partial charge in [0.25, 0.3) is 5.91 Å². The first kappa shape index (κ1) is 14.5. The Morgan fingerprint density at radius 2 is 1.94 bits per heavy atom. The molecule has 2 N–H and O–H groups in total. The zero-order chi connectivity index (χ0) is 13.4. The van der Waals surface area contributed by atoms with Crippen molar-refractivity contribution in [1.82, 2.24) is 10.0 Å². The lowest BCUT2D eigenvalue weighted by atomic mass is 10.3. The van der Waals surface area contributed by atoms with Gasteiger partial charge in [0.2, 0.25) is 10.0 Å². The number of carbonyl (C=O) groups is 1. The molecule has 0 aromatic heterocycles. The van der Waals surface area contributed by atoms with Gasteiger partial charge >= 0.3 is 0 Å². The number of rotatable bonds is 7. The van der Waals surface area contributed by atoms with E-state index in [0.717, 1.165) is 0 Å². The van der Waals surface area contributed by atoms with Crippen molar-refractivity contribution in [2.75, 3.05) is 26.0 Å². The SMILES string of the molecule is CNS(=O)(=O)CCNC(=O)COc1ccccc1. The summed E-state index contributed by atoms with van der Waals surface area (Å²) in [6.45, 7) is -0.0796. The summed E-state index contributed by atoms with van der Waals surface area (Å²) >= 11 is 0. The van der Waals surface area contributed by atoms with Crippen LogP contribution >= 0.6 is 0 Å². The van der Waals surface area contributed by atoms with Crippen molar-refractivity contribution in [2.45, 2.75) is 0 Å². The minimum atomic E-state index is -3.29. The number of ether oxygens (including phenoxy) is 1. The van der Waals surface area contributed by atoms with E-state index in [-0.39, 0.29) is 24.8 Å². The summed E-state index contributed by atoms with van der Waals surface area (Å²) in [7, 11) is -1.96. The van der Waals surface area contributed by atoms with E-state index in [1.165, 1.54) is 7.05 Å². The van der Waals surface area contributed by atoms with E-state index < -0.39 is 10.0 Å². The maximum atomic E-state index is 11.3. The summed E-state index contributed by atoms with van der Waals surface area (Å²) in [5, 5.41) is 2.46. The van der Waals surface area contributed by atoms with Crippen LogP contribution in [0.3, 0.4) is 0 Å². The van der Waals surface area contributed by atoms with E-state index in [1.807, 2.05) is 6.07 Å². The molecular formula is C11H16N2O4S. The summed E-state index contributed by atoms with van der Waals surface area (Å²) in [4.78, 5) is 11.3. The van der Waals surface area contributed by atoms with Gasteiger partial charge < -0.3 is 10.1 Å². The number of para-hydroxylation sites is 1. The van der Waals surface area contributed by atoms with Crippen molar-refractivity contribution >= 4 is 15.9 Å². The number of hydrogen-bond donors (Lipinski definition) is 2. The topological polar surface area (TPSA) is 84.5 Å². The first-order valence-electron chi connectivity index (χ1n) is 5.39. The summed E-state index contributed by atoms with van der Waals surface area (Å²) in [5.41, 5.74) is 0. The zero-order valence-corrected chi connectivity index (χ0v) is 10.9. The lowest BCUT2D eigenvalue weighted by Gasteiger charge is -2.07. The second-order valence-electron chi connectivity index (χ2n) is 3.47. The number of nitrogens with one attached hydrogen (secondary N) is 2. The fourth-order valence-corrected chi connectivity index (χ4v) is 1.72. The van der Waals surface area contributed by atoms with Gasteiger partial charge in [-0.15, -0.1) is 0 Å². The summed E-state index contributed by atoms with van der Waals surface area (Å²) in [6.07, 6.45) is 0. The van der Waals surface area contributed by atoms with E-state index in [0.29, 0.717) is 5.75 Å². The molecule has 0 atom stereocenters. The van der Waals surface area contributed by atoms with Crippen LogP contribution in [0.1, 0.15) is 0 Å². The Labute approximate surface area is 106 Å². The molecule has 1 rings (SSSR count). The second-order valence-corrected chi connectivity index (χ2v) is 5.52. The number of sulfonamides is 1. The van der Waals surface area contributed by atoms with Gasteiger partial charge in [0.1, 0.15) is 5.75 Å². The maximum absolute atomic E-state index is 11.3. The monoisotopic (exact) mass is 272 g/mol. The Hall–Kier alpha value is -1.60. The highest BCUT2D eigenvalue weighted by Crippen LogP contribution is 2.07. The molecule has 100 valence electrons. The van der Waals surface area contributed by atoms with Crippen LogP contribution in [0, 0.1) is 0 Å². The minimum absolute atomic E-state index is 0.0557. The molecule has 1 aromatic rings. The molecule has 0 aliphatic rings. The molecule has 0 aliphatic heterocycles. The van der Waals surface area contributed by atoms with Crippen molar-refractivity contribution < 1.29 is 17.9 Å². The molecule has 0 bridgehead atoms. The third-order valence-electron chi connectivity index (χ3n) is 2.12. The van der Waals surface area contributed by atoms with Crippen LogP contribution in [-0.4, -0.2) is 40.3 Å². The Morgan fingerprint density at radius 3 is 2.56 bits per heavy atom. The molecule has 1 amide bonds. The Balaban J connectivity index is 2.23. The van der Waals surface area contributed by atoms with Crippen LogP contribution in [0.5, 0.6) is 5.75 Å². The fraction of sp³-hybridized carbons (Fsp3) is 0.364. The Kier molecular flexibility index (Phi) is 5.60. The first-order chi connectivity index (χ1) is 8.53. The van der Waals surface area contributed by atoms with Gasteiger partial charge in [-0.05, 0) is 19.2 Å². The van der Waals surface area contributed by atoms with Crippen LogP contribution in [0.4, 0.5) is 0 Å². The van der Waals surface area contributed by atoms with Gasteiger partial charge in [0, 0.05) is 6.54 Å². The number of hydrogen-bond acceptors (Lipinski definition) is 4. The summed E-state index contributed by atoms with van der Waals surface area (Å²) < 4.78 is 29.5. The zero-order valence-electron chi connectivity index (χ0n) is 10.0. The molecule has 0 unspecified atom stereocenters. The molecule has 0 spiro atoms. The van der Waals surface area contributed by atoms with E-state index in [4.69, 9.17) is 4.74 Å². The molecule has 1 aromatic carbocycles. The lowest BCUT2D eigenvalue weighted by molar-refractivity contribution is -0.122. The molecule has 0 radical (unpaired) electrons. The number of carbonyl (C=O) groups excluding carboxylic acids is 1. The van der Waals surface area contributed by atoms with Crippen LogP contribution < -0.4 is 14.8 Å². The second kappa shape index (κ2) is 6.97. The van der Waals surface area contributed by atoms with E-state index in [1.54, 1.807) is 24.3 Å². The average molecular weight is 272 g/mol. The highest BCUT2D eigenvalue weighted by atomic mass is 32.2. The van der Waals surface area contributed by atoms with Gasteiger partial charge in [-0.1, -0.05) is 18.2 Å². The molecule has 6 nitrogen and oxygen atoms in total. The third-order valence-corrected chi connectivity index (χ3v) is 3.48. The smallest absolute Gasteiger partial charge is 0.257 e. The first-order valence-corrected chi connectivity index (χ1v) is 7.04. The van der Waals surface area contributed by atoms with Crippen molar-refractivity contribution in [1.29, 1.82) is 0 Å². The van der Waals surface area contributed by atoms with E-state index >= 15 is 0 Å². The van der Waals surface area contributed by atoms with Gasteiger partial charge in [0.15, 0.2) is 6.61 Å². The van der Waals surface area contributed by atoms with Crippen LogP contribution in [0.25, 0.3) is 0 Å². The molecule has 7 heteroatoms. The molecule has 0 aliphatic carbocycles. The highest BCUT2D eigenvalue weighted by Gasteiger charge is 2.08. The summed E-state index contributed by atoms with van der Waals surface area (Å²) in [6, 6.07) is 8.91. The Morgan fingerprint density at radius 1 is 1.28 bits per heavy atom. The lowest BCUT2D eigenvalue weighted by Crippen LogP contribution is -2.35. The molecule has 18 heavy (non-hydrogen) atoms. The van der Waals surface area contributed by atoms with Crippen molar-refractivity contribution in [3.05, 3.63) is 30.3 Å². The van der Waals surface area contributed by atoms with Crippen LogP contribution in [0.15, 0.2) is 30.3 Å². The van der Waals surface area contributed by atoms with Gasteiger partial charge in [0.05, 0.1) is 5.75 Å². The standard InChI is InChI=1S/C11H16N2O4S/c1-12-18(15,16)8-7-13-11(14)9-17-10-5-3-2-4-6-10/h2-6,12H,7-9H2,1H3,(H,13,14). The summed E-state index contributed by atoms with van der Waals surface area (Å²) in [5.74, 6) is 0.0845. The van der Waals surface area contributed by atoms with E-state index in [9.17, 15) is 13.2 Å². The number of benzene rings is 1. The van der Waals surface area contributed by atoms with Crippen LogP contribution in [-0.2, 0) is 14.8 Å². The van der Waals surface area contributed by atoms with Crippen molar-refractivity contribution in [3.63, 3.8) is 0 Å². The maximum Gasteiger partial charge on any atom is 0.257 e. The molecule has 0 saturated heterocycles. The predicted octanol–water partition coefficient (Wildman–Crippen LogP) is -0.269. The average Bonchev–Trinajstić information content (AvgIpc) is 2.37. The van der Waals surface area contributed by atoms with Crippen LogP contribution in [0.2, 0.25) is 0 Å². The van der Waals surface area contributed by atoms with Crippen molar-refractivity contribution in [3.8, 4) is 5.75 Å². The van der Waals surface area contributed by atoms with Gasteiger partial charge in [-0.25, -0.2) is 13.1 Å². The van der Waals surface area contributed by atoms with Gasteiger partial charge in [-0.2, -0.15) is 0 Å². The quantitative estimate of drug-likeness (QED) is 0.715. The largest absolute Gasteiger partial charge is 0.484 e. The van der Waals surface area contributed by atoms with Gasteiger partial charge in [-0.3, -0.25) is 4.79 Å². The fourth-order valence-electron chi connectivity index (χ4n) is 1.14. The minimum Gasteiger partial charge on any atom is -0.484 e. The molecule has 0 fully saturated rings. The Bertz CT molecular complexity index is 473. The predicted molar refractivity (Wildman–Crippen MR) is 67.8 cm³/mol. The van der Waals surface area contributed by atoms with E-state index in [2.05, 4.69) is 10.0 Å². The van der Waals surface area contributed by atoms with Crippen molar-refractivity contribution in [2.24, 2.45) is 0 Å². The highest BCUT2D eigenvalue weighted by molar-refractivity contribution is 7.89. The molecule has 0 heterocycles. The molecule has 0 saturated carbocycles. The normalized spacial score (nSPS) is 10.9. The number of amides is 1. The molecular weight excluding hydrogens is 256 g/mol.